The second-order valence-electron chi connectivity index (χ2n) is 6.86. The molecular weight excluding hydrogens is 322 g/mol. The smallest absolute Gasteiger partial charge is 0.231 e. The summed E-state index contributed by atoms with van der Waals surface area (Å²) in [5, 5.41) is 8.19. The second-order valence-corrected chi connectivity index (χ2v) is 7.64. The highest BCUT2D eigenvalue weighted by molar-refractivity contribution is 7.08. The van der Waals surface area contributed by atoms with Crippen LogP contribution < -0.4 is 0 Å². The van der Waals surface area contributed by atoms with E-state index in [4.69, 9.17) is 4.52 Å². The average molecular weight is 345 g/mol. The number of rotatable bonds is 5. The summed E-state index contributed by atoms with van der Waals surface area (Å²) in [6.45, 7) is 5.62. The minimum Gasteiger partial charge on any atom is -0.343 e. The minimum atomic E-state index is 0.0134. The van der Waals surface area contributed by atoms with Crippen LogP contribution >= 0.6 is 11.3 Å². The zero-order chi connectivity index (χ0) is 16.7. The van der Waals surface area contributed by atoms with E-state index in [1.807, 2.05) is 35.6 Å². The highest BCUT2D eigenvalue weighted by Crippen LogP contribution is 2.57. The van der Waals surface area contributed by atoms with E-state index >= 15 is 0 Å². The molecule has 2 bridgehead atoms. The third-order valence-corrected chi connectivity index (χ3v) is 6.47. The fraction of sp³-hybridized carbons (Fsp3) is 0.611. The molecule has 24 heavy (non-hydrogen) atoms. The van der Waals surface area contributed by atoms with E-state index in [9.17, 15) is 4.79 Å². The molecule has 0 saturated heterocycles. The lowest BCUT2D eigenvalue weighted by atomic mass is 9.78. The highest BCUT2D eigenvalue weighted by Gasteiger charge is 2.54. The number of aromatic nitrogens is 2. The zero-order valence-corrected chi connectivity index (χ0v) is 15.0. The van der Waals surface area contributed by atoms with Gasteiger partial charge < -0.3 is 9.42 Å². The van der Waals surface area contributed by atoms with E-state index in [0.717, 1.165) is 31.5 Å². The molecule has 2 aliphatic rings. The third kappa shape index (κ3) is 2.48. The molecule has 0 spiro atoms. The molecule has 2 saturated carbocycles. The van der Waals surface area contributed by atoms with Crippen LogP contribution in [0, 0.1) is 17.8 Å². The van der Waals surface area contributed by atoms with Gasteiger partial charge in [-0.2, -0.15) is 16.3 Å². The molecule has 6 heteroatoms. The predicted octanol–water partition coefficient (Wildman–Crippen LogP) is 3.80. The van der Waals surface area contributed by atoms with Gasteiger partial charge in [-0.25, -0.2) is 0 Å². The van der Waals surface area contributed by atoms with Crippen LogP contribution in [0.4, 0.5) is 0 Å². The van der Waals surface area contributed by atoms with Gasteiger partial charge in [-0.1, -0.05) is 5.16 Å². The zero-order valence-electron chi connectivity index (χ0n) is 14.1. The van der Waals surface area contributed by atoms with Crippen LogP contribution in [0.1, 0.15) is 44.9 Å². The molecule has 0 radical (unpaired) electrons. The first-order valence-electron chi connectivity index (χ1n) is 8.87. The fourth-order valence-corrected chi connectivity index (χ4v) is 5.26. The molecule has 2 aromatic rings. The average Bonchev–Trinajstić information content (AvgIpc) is 3.38. The molecule has 0 unspecified atom stereocenters. The molecule has 128 valence electrons. The molecule has 0 aliphatic heterocycles. The second kappa shape index (κ2) is 6.31. The van der Waals surface area contributed by atoms with Crippen molar-refractivity contribution in [1.29, 1.82) is 0 Å². The Balaban J connectivity index is 1.64. The van der Waals surface area contributed by atoms with E-state index < -0.39 is 0 Å². The lowest BCUT2D eigenvalue weighted by Gasteiger charge is -2.31. The number of hydrogen-bond acceptors (Lipinski definition) is 5. The molecular formula is C18H23N3O2S. The Bertz CT molecular complexity index is 708. The van der Waals surface area contributed by atoms with Gasteiger partial charge in [0.2, 0.25) is 17.6 Å². The number of nitrogens with zero attached hydrogens (tertiary/aromatic N) is 3. The molecule has 2 aliphatic carbocycles. The molecule has 1 amide bonds. The monoisotopic (exact) mass is 345 g/mol. The maximum atomic E-state index is 13.1. The normalized spacial score (nSPS) is 28.4. The lowest BCUT2D eigenvalue weighted by molar-refractivity contribution is -0.137. The largest absolute Gasteiger partial charge is 0.343 e. The first-order chi connectivity index (χ1) is 11.7. The van der Waals surface area contributed by atoms with Crippen LogP contribution in [-0.2, 0) is 4.79 Å². The van der Waals surface area contributed by atoms with Gasteiger partial charge in [-0.15, -0.1) is 0 Å². The van der Waals surface area contributed by atoms with Gasteiger partial charge in [0.05, 0.1) is 11.8 Å². The molecule has 5 nitrogen and oxygen atoms in total. The Labute approximate surface area is 146 Å². The van der Waals surface area contributed by atoms with Gasteiger partial charge in [0, 0.05) is 24.0 Å². The first kappa shape index (κ1) is 15.8. The first-order valence-corrected chi connectivity index (χ1v) is 9.82. The molecule has 0 N–H and O–H groups in total. The van der Waals surface area contributed by atoms with Gasteiger partial charge in [0.15, 0.2) is 0 Å². The Hall–Kier alpha value is -1.69. The summed E-state index contributed by atoms with van der Waals surface area (Å²) in [5.74, 6) is 2.67. The number of thiophene rings is 1. The minimum absolute atomic E-state index is 0.0134. The van der Waals surface area contributed by atoms with Gasteiger partial charge in [-0.3, -0.25) is 4.79 Å². The summed E-state index contributed by atoms with van der Waals surface area (Å²) < 4.78 is 5.63. The van der Waals surface area contributed by atoms with Crippen molar-refractivity contribution in [2.45, 2.75) is 39.0 Å². The maximum absolute atomic E-state index is 13.1. The standard InChI is InChI=1S/C18H23N3O2S/c1-3-21(4-2)18(22)15-12-6-5-11(9-12)14(15)17-19-16(20-23-17)13-7-8-24-10-13/h7-8,10-12,14-15H,3-6,9H2,1-2H3/t11-,12+,14+,15+/m1/s1. The summed E-state index contributed by atoms with van der Waals surface area (Å²) >= 11 is 1.62. The van der Waals surface area contributed by atoms with Gasteiger partial charge >= 0.3 is 0 Å². The van der Waals surface area contributed by atoms with Crippen molar-refractivity contribution in [3.63, 3.8) is 0 Å². The molecule has 4 rings (SSSR count). The van der Waals surface area contributed by atoms with E-state index in [1.54, 1.807) is 11.3 Å². The summed E-state index contributed by atoms with van der Waals surface area (Å²) in [7, 11) is 0. The van der Waals surface area contributed by atoms with E-state index in [1.165, 1.54) is 6.42 Å². The number of carbonyl (C=O) groups excluding carboxylic acids is 1. The third-order valence-electron chi connectivity index (χ3n) is 5.78. The van der Waals surface area contributed by atoms with Crippen molar-refractivity contribution in [2.75, 3.05) is 13.1 Å². The van der Waals surface area contributed by atoms with E-state index in [0.29, 0.717) is 23.6 Å². The van der Waals surface area contributed by atoms with E-state index in [-0.39, 0.29) is 17.7 Å². The van der Waals surface area contributed by atoms with Crippen molar-refractivity contribution < 1.29 is 9.32 Å². The summed E-state index contributed by atoms with van der Waals surface area (Å²) in [5.41, 5.74) is 0.991. The quantitative estimate of drug-likeness (QED) is 0.827. The molecule has 2 heterocycles. The SMILES string of the molecule is CCN(CC)C(=O)[C@H]1[C@H]2CC[C@H](C2)[C@@H]1c1nc(-c2ccsc2)no1. The predicted molar refractivity (Wildman–Crippen MR) is 92.6 cm³/mol. The van der Waals surface area contributed by atoms with E-state index in [2.05, 4.69) is 10.1 Å². The number of hydrogen-bond donors (Lipinski definition) is 0. The van der Waals surface area contributed by atoms with Crippen LogP contribution in [-0.4, -0.2) is 34.0 Å². The van der Waals surface area contributed by atoms with Crippen LogP contribution in [0.15, 0.2) is 21.3 Å². The van der Waals surface area contributed by atoms with Crippen LogP contribution in [0.3, 0.4) is 0 Å². The van der Waals surface area contributed by atoms with Crippen molar-refractivity contribution in [1.82, 2.24) is 15.0 Å². The number of carbonyl (C=O) groups is 1. The van der Waals surface area contributed by atoms with Crippen LogP contribution in [0.2, 0.25) is 0 Å². The van der Waals surface area contributed by atoms with Gasteiger partial charge in [0.1, 0.15) is 0 Å². The lowest BCUT2D eigenvalue weighted by Crippen LogP contribution is -2.40. The van der Waals surface area contributed by atoms with Crippen LogP contribution in [0.5, 0.6) is 0 Å². The number of amides is 1. The van der Waals surface area contributed by atoms with Crippen LogP contribution in [0.25, 0.3) is 11.4 Å². The Morgan fingerprint density at radius 3 is 2.83 bits per heavy atom. The molecule has 4 atom stereocenters. The molecule has 0 aromatic carbocycles. The van der Waals surface area contributed by atoms with Crippen molar-refractivity contribution in [3.8, 4) is 11.4 Å². The summed E-state index contributed by atoms with van der Waals surface area (Å²) in [4.78, 5) is 19.7. The number of fused-ring (bicyclic) bond motifs is 2. The summed E-state index contributed by atoms with van der Waals surface area (Å²) in [6.07, 6.45) is 3.45. The maximum Gasteiger partial charge on any atom is 0.231 e. The highest BCUT2D eigenvalue weighted by atomic mass is 32.1. The molecule has 2 fully saturated rings. The summed E-state index contributed by atoms with van der Waals surface area (Å²) in [6, 6.07) is 2.00. The van der Waals surface area contributed by atoms with Crippen molar-refractivity contribution in [2.24, 2.45) is 17.8 Å². The fourth-order valence-electron chi connectivity index (χ4n) is 4.63. The van der Waals surface area contributed by atoms with Gasteiger partial charge in [-0.05, 0) is 56.4 Å². The molecule has 2 aromatic heterocycles. The van der Waals surface area contributed by atoms with Gasteiger partial charge in [0.25, 0.3) is 0 Å². The Morgan fingerprint density at radius 2 is 2.12 bits per heavy atom. The Morgan fingerprint density at radius 1 is 1.33 bits per heavy atom. The van der Waals surface area contributed by atoms with Crippen molar-refractivity contribution in [3.05, 3.63) is 22.7 Å². The Kier molecular flexibility index (Phi) is 4.16. The van der Waals surface area contributed by atoms with Crippen molar-refractivity contribution >= 4 is 17.2 Å². The topological polar surface area (TPSA) is 59.2 Å².